The number of nitrogens with one attached hydrogen (secondary N) is 1. The first-order valence-corrected chi connectivity index (χ1v) is 11.1. The van der Waals surface area contributed by atoms with E-state index in [0.717, 1.165) is 30.8 Å². The Morgan fingerprint density at radius 3 is 2.65 bits per heavy atom. The topological polar surface area (TPSA) is 50.2 Å². The van der Waals surface area contributed by atoms with Crippen molar-refractivity contribution in [3.05, 3.63) is 72.2 Å². The summed E-state index contributed by atoms with van der Waals surface area (Å²) in [6.45, 7) is 5.05. The smallest absolute Gasteiger partial charge is 0.270 e. The third-order valence-electron chi connectivity index (χ3n) is 5.93. The van der Waals surface area contributed by atoms with Gasteiger partial charge in [-0.1, -0.05) is 24.6 Å². The molecule has 1 aromatic heterocycles. The van der Waals surface area contributed by atoms with E-state index in [0.29, 0.717) is 24.0 Å². The predicted molar refractivity (Wildman–Crippen MR) is 121 cm³/mol. The lowest BCUT2D eigenvalue weighted by Crippen LogP contribution is -2.39. The average Bonchev–Trinajstić information content (AvgIpc) is 3.24. The monoisotopic (exact) mass is 420 g/mol. The first kappa shape index (κ1) is 21.2. The Bertz CT molecular complexity index is 1000. The number of nitrogens with zero attached hydrogens (tertiary/aromatic N) is 3. The molecular formula is C25H29FN4O. The number of halogens is 1. The summed E-state index contributed by atoms with van der Waals surface area (Å²) in [5, 5.41) is 7.69. The number of hydrogen-bond acceptors (Lipinski definition) is 3. The first-order chi connectivity index (χ1) is 15.1. The van der Waals surface area contributed by atoms with Crippen LogP contribution in [-0.2, 0) is 0 Å². The van der Waals surface area contributed by atoms with Gasteiger partial charge < -0.3 is 10.2 Å². The molecule has 0 spiro atoms. The maximum absolute atomic E-state index is 13.3. The lowest BCUT2D eigenvalue weighted by Gasteiger charge is -2.33. The number of aromatic nitrogens is 2. The number of hydrogen-bond donors (Lipinski definition) is 1. The van der Waals surface area contributed by atoms with Crippen LogP contribution in [0.25, 0.3) is 16.9 Å². The van der Waals surface area contributed by atoms with E-state index in [1.165, 1.54) is 31.4 Å². The predicted octanol–water partition coefficient (Wildman–Crippen LogP) is 4.67. The minimum atomic E-state index is -0.299. The fraction of sp³-hybridized carbons (Fsp3) is 0.360. The van der Waals surface area contributed by atoms with Crippen molar-refractivity contribution >= 4 is 5.91 Å². The standard InChI is InChI=1S/C25H29FN4O/c1-19-8-5-6-16-29(19)17-7-15-27-25(31)24-18-23(20-11-13-21(26)14-12-20)28-30(24)22-9-3-2-4-10-22/h2-4,9-14,18-19H,5-8,15-17H2,1H3,(H,27,31)/t19-/m0/s1. The molecule has 1 saturated heterocycles. The van der Waals surface area contributed by atoms with Gasteiger partial charge in [-0.15, -0.1) is 0 Å². The molecule has 1 atom stereocenters. The first-order valence-electron chi connectivity index (χ1n) is 11.1. The molecule has 162 valence electrons. The summed E-state index contributed by atoms with van der Waals surface area (Å²) in [5.74, 6) is -0.455. The third kappa shape index (κ3) is 5.20. The SMILES string of the molecule is C[C@H]1CCCCN1CCCNC(=O)c1cc(-c2ccc(F)cc2)nn1-c1ccccc1. The highest BCUT2D eigenvalue weighted by molar-refractivity contribution is 5.94. The molecule has 1 amide bonds. The Kier molecular flexibility index (Phi) is 6.77. The Morgan fingerprint density at radius 2 is 1.90 bits per heavy atom. The number of carbonyl (C=O) groups is 1. The lowest BCUT2D eigenvalue weighted by molar-refractivity contribution is 0.0941. The van der Waals surface area contributed by atoms with Crippen molar-refractivity contribution in [2.75, 3.05) is 19.6 Å². The molecule has 1 fully saturated rings. The van der Waals surface area contributed by atoms with Gasteiger partial charge in [0.1, 0.15) is 11.5 Å². The maximum atomic E-state index is 13.3. The number of benzene rings is 2. The molecule has 0 unspecified atom stereocenters. The second-order valence-corrected chi connectivity index (χ2v) is 8.16. The Labute approximate surface area is 182 Å². The second kappa shape index (κ2) is 9.88. The summed E-state index contributed by atoms with van der Waals surface area (Å²) in [5.41, 5.74) is 2.68. The Balaban J connectivity index is 1.47. The number of likely N-dealkylation sites (tertiary alicyclic amines) is 1. The molecule has 0 aliphatic carbocycles. The van der Waals surface area contributed by atoms with Gasteiger partial charge in [-0.05, 0) is 75.2 Å². The van der Waals surface area contributed by atoms with E-state index in [2.05, 4.69) is 22.2 Å². The summed E-state index contributed by atoms with van der Waals surface area (Å²) in [7, 11) is 0. The molecule has 2 aromatic carbocycles. The third-order valence-corrected chi connectivity index (χ3v) is 5.93. The molecule has 1 aliphatic heterocycles. The number of piperidine rings is 1. The zero-order chi connectivity index (χ0) is 21.6. The molecule has 0 bridgehead atoms. The summed E-state index contributed by atoms with van der Waals surface area (Å²) < 4.78 is 15.0. The van der Waals surface area contributed by atoms with E-state index < -0.39 is 0 Å². The van der Waals surface area contributed by atoms with Gasteiger partial charge in [0.05, 0.1) is 11.4 Å². The highest BCUT2D eigenvalue weighted by Gasteiger charge is 2.19. The van der Waals surface area contributed by atoms with Crippen LogP contribution in [0.1, 0.15) is 43.1 Å². The summed E-state index contributed by atoms with van der Waals surface area (Å²) in [4.78, 5) is 15.5. The second-order valence-electron chi connectivity index (χ2n) is 8.16. The molecule has 0 radical (unpaired) electrons. The Hall–Kier alpha value is -2.99. The molecule has 1 N–H and O–H groups in total. The van der Waals surface area contributed by atoms with Crippen LogP contribution in [-0.4, -0.2) is 46.3 Å². The molecule has 6 heteroatoms. The van der Waals surface area contributed by atoms with Gasteiger partial charge >= 0.3 is 0 Å². The number of rotatable bonds is 7. The molecule has 31 heavy (non-hydrogen) atoms. The van der Waals surface area contributed by atoms with Crippen molar-refractivity contribution < 1.29 is 9.18 Å². The van der Waals surface area contributed by atoms with Crippen LogP contribution in [0, 0.1) is 5.82 Å². The van der Waals surface area contributed by atoms with Gasteiger partial charge in [0.2, 0.25) is 0 Å². The van der Waals surface area contributed by atoms with E-state index in [4.69, 9.17) is 0 Å². The van der Waals surface area contributed by atoms with E-state index in [-0.39, 0.29) is 11.7 Å². The maximum Gasteiger partial charge on any atom is 0.270 e. The molecule has 5 nitrogen and oxygen atoms in total. The summed E-state index contributed by atoms with van der Waals surface area (Å²) >= 11 is 0. The van der Waals surface area contributed by atoms with Gasteiger partial charge in [0.25, 0.3) is 5.91 Å². The zero-order valence-corrected chi connectivity index (χ0v) is 17.9. The number of amides is 1. The van der Waals surface area contributed by atoms with E-state index >= 15 is 0 Å². The lowest BCUT2D eigenvalue weighted by atomic mass is 10.0. The molecule has 3 aromatic rings. The minimum Gasteiger partial charge on any atom is -0.351 e. The van der Waals surface area contributed by atoms with Gasteiger partial charge in [-0.2, -0.15) is 5.10 Å². The molecular weight excluding hydrogens is 391 g/mol. The van der Waals surface area contributed by atoms with Crippen molar-refractivity contribution in [1.82, 2.24) is 20.0 Å². The van der Waals surface area contributed by atoms with Crippen LogP contribution in [0.15, 0.2) is 60.7 Å². The van der Waals surface area contributed by atoms with Crippen LogP contribution < -0.4 is 5.32 Å². The fourth-order valence-electron chi connectivity index (χ4n) is 4.14. The number of para-hydroxylation sites is 1. The van der Waals surface area contributed by atoms with Crippen molar-refractivity contribution in [1.29, 1.82) is 0 Å². The number of carbonyl (C=O) groups excluding carboxylic acids is 1. The highest BCUT2D eigenvalue weighted by Crippen LogP contribution is 2.22. The normalized spacial score (nSPS) is 16.9. The van der Waals surface area contributed by atoms with Crippen molar-refractivity contribution in [2.45, 2.75) is 38.6 Å². The van der Waals surface area contributed by atoms with Crippen LogP contribution >= 0.6 is 0 Å². The van der Waals surface area contributed by atoms with Crippen LogP contribution in [0.4, 0.5) is 4.39 Å². The molecule has 0 saturated carbocycles. The highest BCUT2D eigenvalue weighted by atomic mass is 19.1. The van der Waals surface area contributed by atoms with Gasteiger partial charge in [-0.25, -0.2) is 9.07 Å². The van der Waals surface area contributed by atoms with Crippen LogP contribution in [0.3, 0.4) is 0 Å². The molecule has 4 rings (SSSR count). The van der Waals surface area contributed by atoms with Crippen molar-refractivity contribution in [3.63, 3.8) is 0 Å². The Morgan fingerprint density at radius 1 is 1.13 bits per heavy atom. The summed E-state index contributed by atoms with van der Waals surface area (Å²) in [6, 6.07) is 18.1. The van der Waals surface area contributed by atoms with Crippen LogP contribution in [0.2, 0.25) is 0 Å². The van der Waals surface area contributed by atoms with Gasteiger partial charge in [-0.3, -0.25) is 4.79 Å². The zero-order valence-electron chi connectivity index (χ0n) is 17.9. The van der Waals surface area contributed by atoms with Gasteiger partial charge in [0, 0.05) is 24.7 Å². The van der Waals surface area contributed by atoms with E-state index in [1.807, 2.05) is 30.3 Å². The molecule has 1 aliphatic rings. The largest absolute Gasteiger partial charge is 0.351 e. The summed E-state index contributed by atoms with van der Waals surface area (Å²) in [6.07, 6.45) is 4.75. The molecule has 2 heterocycles. The van der Waals surface area contributed by atoms with Crippen molar-refractivity contribution in [2.24, 2.45) is 0 Å². The average molecular weight is 421 g/mol. The quantitative estimate of drug-likeness (QED) is 0.565. The van der Waals surface area contributed by atoms with E-state index in [1.54, 1.807) is 22.9 Å². The fourth-order valence-corrected chi connectivity index (χ4v) is 4.14. The van der Waals surface area contributed by atoms with Crippen LogP contribution in [0.5, 0.6) is 0 Å². The van der Waals surface area contributed by atoms with Gasteiger partial charge in [0.15, 0.2) is 0 Å². The van der Waals surface area contributed by atoms with E-state index in [9.17, 15) is 9.18 Å². The van der Waals surface area contributed by atoms with Crippen molar-refractivity contribution in [3.8, 4) is 16.9 Å². The minimum absolute atomic E-state index is 0.156.